The number of allylic oxidation sites excluding steroid dienone is 1. The van der Waals surface area contributed by atoms with Gasteiger partial charge in [-0.2, -0.15) is 0 Å². The van der Waals surface area contributed by atoms with Gasteiger partial charge in [-0.1, -0.05) is 19.9 Å². The first-order valence-corrected chi connectivity index (χ1v) is 5.58. The number of nitrogens with one attached hydrogen (secondary N) is 1. The minimum absolute atomic E-state index is 0.0220. The van der Waals surface area contributed by atoms with Gasteiger partial charge in [0, 0.05) is 11.4 Å². The van der Waals surface area contributed by atoms with Crippen LogP contribution in [-0.2, 0) is 10.0 Å². The quantitative estimate of drug-likeness (QED) is 0.731. The predicted octanol–water partition coefficient (Wildman–Crippen LogP) is 1.48. The molecule has 0 aliphatic heterocycles. The summed E-state index contributed by atoms with van der Waals surface area (Å²) in [5.74, 6) is 0.310. The van der Waals surface area contributed by atoms with Gasteiger partial charge in [0.15, 0.2) is 0 Å². The predicted molar refractivity (Wildman–Crippen MR) is 51.2 cm³/mol. The molecule has 0 rings (SSSR count). The molecule has 0 spiro atoms. The second-order valence-electron chi connectivity index (χ2n) is 3.16. The summed E-state index contributed by atoms with van der Waals surface area (Å²) in [5, 5.41) is 1.17. The van der Waals surface area contributed by atoms with E-state index in [0.29, 0.717) is 5.92 Å². The lowest BCUT2D eigenvalue weighted by molar-refractivity contribution is 0.480. The van der Waals surface area contributed by atoms with E-state index in [1.165, 1.54) is 11.5 Å². The highest BCUT2D eigenvalue weighted by Crippen LogP contribution is 2.02. The topological polar surface area (TPSA) is 46.2 Å². The van der Waals surface area contributed by atoms with Crippen molar-refractivity contribution in [2.24, 2.45) is 5.92 Å². The maximum atomic E-state index is 11.1. The molecule has 4 heteroatoms. The molecule has 12 heavy (non-hydrogen) atoms. The van der Waals surface area contributed by atoms with E-state index < -0.39 is 10.0 Å². The zero-order valence-electron chi connectivity index (χ0n) is 8.03. The summed E-state index contributed by atoms with van der Waals surface area (Å²) < 4.78 is 24.8. The first kappa shape index (κ1) is 11.6. The Morgan fingerprint density at radius 1 is 1.25 bits per heavy atom. The van der Waals surface area contributed by atoms with Gasteiger partial charge < -0.3 is 0 Å². The SMILES string of the molecule is C/C=C/S(=O)(=O)N[C@@H](C)C(C)C. The summed E-state index contributed by atoms with van der Waals surface area (Å²) in [6, 6.07) is -0.0220. The van der Waals surface area contributed by atoms with E-state index in [0.717, 1.165) is 0 Å². The van der Waals surface area contributed by atoms with Crippen LogP contribution in [0.2, 0.25) is 0 Å². The fourth-order valence-electron chi connectivity index (χ4n) is 0.614. The Bertz CT molecular complexity index is 242. The van der Waals surface area contributed by atoms with E-state index in [-0.39, 0.29) is 6.04 Å². The first-order chi connectivity index (χ1) is 5.39. The minimum atomic E-state index is -3.21. The number of hydrogen-bond donors (Lipinski definition) is 1. The summed E-state index contributed by atoms with van der Waals surface area (Å²) in [4.78, 5) is 0. The Hall–Kier alpha value is -0.350. The molecule has 3 nitrogen and oxygen atoms in total. The molecule has 0 fully saturated rings. The van der Waals surface area contributed by atoms with Crippen molar-refractivity contribution in [3.63, 3.8) is 0 Å². The van der Waals surface area contributed by atoms with Crippen LogP contribution >= 0.6 is 0 Å². The monoisotopic (exact) mass is 191 g/mol. The molecule has 0 amide bonds. The molecule has 0 aromatic heterocycles. The van der Waals surface area contributed by atoms with Crippen molar-refractivity contribution in [3.05, 3.63) is 11.5 Å². The second kappa shape index (κ2) is 4.62. The van der Waals surface area contributed by atoms with Crippen LogP contribution in [0.25, 0.3) is 0 Å². The zero-order chi connectivity index (χ0) is 9.78. The van der Waals surface area contributed by atoms with Gasteiger partial charge >= 0.3 is 0 Å². The van der Waals surface area contributed by atoms with Crippen molar-refractivity contribution in [3.8, 4) is 0 Å². The number of hydrogen-bond acceptors (Lipinski definition) is 2. The van der Waals surface area contributed by atoms with E-state index in [9.17, 15) is 8.42 Å². The zero-order valence-corrected chi connectivity index (χ0v) is 8.85. The maximum Gasteiger partial charge on any atom is 0.233 e. The molecule has 0 bridgehead atoms. The van der Waals surface area contributed by atoms with Gasteiger partial charge in [-0.25, -0.2) is 13.1 Å². The summed E-state index contributed by atoms with van der Waals surface area (Å²) in [7, 11) is -3.21. The summed E-state index contributed by atoms with van der Waals surface area (Å²) in [6.07, 6.45) is 1.51. The van der Waals surface area contributed by atoms with Crippen LogP contribution in [-0.4, -0.2) is 14.5 Å². The van der Waals surface area contributed by atoms with Crippen molar-refractivity contribution in [2.45, 2.75) is 33.7 Å². The average molecular weight is 191 g/mol. The molecule has 0 radical (unpaired) electrons. The minimum Gasteiger partial charge on any atom is -0.209 e. The van der Waals surface area contributed by atoms with Crippen molar-refractivity contribution >= 4 is 10.0 Å². The second-order valence-corrected chi connectivity index (χ2v) is 4.76. The standard InChI is InChI=1S/C8H17NO2S/c1-5-6-12(10,11)9-8(4)7(2)3/h5-9H,1-4H3/b6-5+/t8-/m0/s1. The van der Waals surface area contributed by atoms with Crippen LogP contribution < -0.4 is 4.72 Å². The third-order valence-electron chi connectivity index (χ3n) is 1.67. The highest BCUT2D eigenvalue weighted by molar-refractivity contribution is 7.92. The van der Waals surface area contributed by atoms with Crippen molar-refractivity contribution in [2.75, 3.05) is 0 Å². The lowest BCUT2D eigenvalue weighted by Gasteiger charge is -2.15. The fourth-order valence-corrected chi connectivity index (χ4v) is 1.84. The maximum absolute atomic E-state index is 11.1. The normalized spacial score (nSPS) is 15.8. The van der Waals surface area contributed by atoms with Gasteiger partial charge in [0.25, 0.3) is 0 Å². The van der Waals surface area contributed by atoms with E-state index in [1.807, 2.05) is 20.8 Å². The Kier molecular flexibility index (Phi) is 4.49. The Balaban J connectivity index is 4.26. The molecule has 0 unspecified atom stereocenters. The lowest BCUT2D eigenvalue weighted by atomic mass is 10.1. The van der Waals surface area contributed by atoms with Crippen LogP contribution in [0.15, 0.2) is 11.5 Å². The molecule has 0 aliphatic rings. The average Bonchev–Trinajstić information content (AvgIpc) is 1.85. The molecular weight excluding hydrogens is 174 g/mol. The van der Waals surface area contributed by atoms with Crippen LogP contribution in [0, 0.1) is 5.92 Å². The summed E-state index contributed by atoms with van der Waals surface area (Å²) in [5.41, 5.74) is 0. The molecule has 0 aromatic rings. The van der Waals surface area contributed by atoms with E-state index in [1.54, 1.807) is 6.92 Å². The van der Waals surface area contributed by atoms with Crippen LogP contribution in [0.5, 0.6) is 0 Å². The third-order valence-corrected chi connectivity index (χ3v) is 3.00. The van der Waals surface area contributed by atoms with Crippen LogP contribution in [0.4, 0.5) is 0 Å². The molecule has 0 aliphatic carbocycles. The largest absolute Gasteiger partial charge is 0.233 e. The van der Waals surface area contributed by atoms with Gasteiger partial charge in [0.1, 0.15) is 0 Å². The Morgan fingerprint density at radius 2 is 1.75 bits per heavy atom. The summed E-state index contributed by atoms with van der Waals surface area (Å²) in [6.45, 7) is 7.48. The Labute approximate surface area is 74.9 Å². The highest BCUT2D eigenvalue weighted by Gasteiger charge is 2.12. The first-order valence-electron chi connectivity index (χ1n) is 4.04. The van der Waals surface area contributed by atoms with Crippen molar-refractivity contribution in [1.82, 2.24) is 4.72 Å². The summed E-state index contributed by atoms with van der Waals surface area (Å²) >= 11 is 0. The van der Waals surface area contributed by atoms with E-state index in [2.05, 4.69) is 4.72 Å². The van der Waals surface area contributed by atoms with Gasteiger partial charge in [-0.05, 0) is 19.8 Å². The van der Waals surface area contributed by atoms with Gasteiger partial charge in [-0.3, -0.25) is 0 Å². The van der Waals surface area contributed by atoms with E-state index >= 15 is 0 Å². The van der Waals surface area contributed by atoms with Crippen molar-refractivity contribution in [1.29, 1.82) is 0 Å². The molecule has 0 saturated carbocycles. The fraction of sp³-hybridized carbons (Fsp3) is 0.750. The van der Waals surface area contributed by atoms with Gasteiger partial charge in [0.2, 0.25) is 10.0 Å². The Morgan fingerprint density at radius 3 is 2.08 bits per heavy atom. The molecule has 72 valence electrons. The lowest BCUT2D eigenvalue weighted by Crippen LogP contribution is -2.34. The number of rotatable bonds is 4. The molecule has 0 aromatic carbocycles. The number of sulfonamides is 1. The molecule has 1 atom stereocenters. The van der Waals surface area contributed by atoms with Gasteiger partial charge in [-0.15, -0.1) is 0 Å². The van der Waals surface area contributed by atoms with Crippen LogP contribution in [0.1, 0.15) is 27.7 Å². The molecular formula is C8H17NO2S. The molecule has 0 saturated heterocycles. The van der Waals surface area contributed by atoms with Crippen molar-refractivity contribution < 1.29 is 8.42 Å². The van der Waals surface area contributed by atoms with Crippen LogP contribution in [0.3, 0.4) is 0 Å². The van der Waals surface area contributed by atoms with Gasteiger partial charge in [0.05, 0.1) is 0 Å². The smallest absolute Gasteiger partial charge is 0.209 e. The van der Waals surface area contributed by atoms with E-state index in [4.69, 9.17) is 0 Å². The highest BCUT2D eigenvalue weighted by atomic mass is 32.2. The molecule has 0 heterocycles. The third kappa shape index (κ3) is 4.51. The molecule has 1 N–H and O–H groups in total.